The highest BCUT2D eigenvalue weighted by Crippen LogP contribution is 2.18. The molecule has 1 N–H and O–H groups in total. The van der Waals surface area contributed by atoms with Crippen molar-refractivity contribution in [2.24, 2.45) is 0 Å². The van der Waals surface area contributed by atoms with Crippen molar-refractivity contribution >= 4 is 16.7 Å². The van der Waals surface area contributed by atoms with Crippen LogP contribution in [0.4, 0.5) is 0 Å². The number of rotatable bonds is 8. The summed E-state index contributed by atoms with van der Waals surface area (Å²) < 4.78 is 11.4. The number of benzene rings is 1. The third kappa shape index (κ3) is 5.98. The molecule has 1 rings (SSSR count). The molecule has 0 fully saturated rings. The number of amides is 1. The molecule has 0 radical (unpaired) electrons. The van der Waals surface area contributed by atoms with E-state index < -0.39 is 10.8 Å². The summed E-state index contributed by atoms with van der Waals surface area (Å²) in [7, 11) is 2.93. The summed E-state index contributed by atoms with van der Waals surface area (Å²) in [6, 6.07) is 8.59. The highest BCUT2D eigenvalue weighted by Gasteiger charge is 2.15. The fourth-order valence-corrected chi connectivity index (χ4v) is 2.68. The predicted octanol–water partition coefficient (Wildman–Crippen LogP) is 1.74. The Kier molecular flexibility index (Phi) is 7.61. The van der Waals surface area contributed by atoms with E-state index in [4.69, 9.17) is 0 Å². The zero-order valence-electron chi connectivity index (χ0n) is 13.4. The first kappa shape index (κ1) is 17.9. The molecular weight excluding hydrogens is 284 g/mol. The lowest BCUT2D eigenvalue weighted by Crippen LogP contribution is -2.36. The third-order valence-corrected chi connectivity index (χ3v) is 4.73. The normalized spacial score (nSPS) is 14.0. The molecule has 4 nitrogen and oxygen atoms in total. The van der Waals surface area contributed by atoms with Crippen molar-refractivity contribution in [3.63, 3.8) is 0 Å². The Morgan fingerprint density at radius 3 is 2.33 bits per heavy atom. The van der Waals surface area contributed by atoms with Crippen LogP contribution >= 0.6 is 0 Å². The molecule has 0 aliphatic rings. The fraction of sp³-hybridized carbons (Fsp3) is 0.562. The summed E-state index contributed by atoms with van der Waals surface area (Å²) in [6.07, 6.45) is 1.02. The minimum Gasteiger partial charge on any atom is -0.353 e. The van der Waals surface area contributed by atoms with Gasteiger partial charge in [0, 0.05) is 23.1 Å². The van der Waals surface area contributed by atoms with E-state index >= 15 is 0 Å². The van der Waals surface area contributed by atoms with Crippen LogP contribution in [0, 0.1) is 0 Å². The van der Waals surface area contributed by atoms with Gasteiger partial charge in [0.1, 0.15) is 5.75 Å². The standard InChI is InChI=1S/C16H26N2O2S/c1-5-13-7-9-14(10-8-13)15(18(3)4)11-17-16(19)12-21(20)6-2/h7-10,15H,5-6,11-12H2,1-4H3,(H,17,19). The van der Waals surface area contributed by atoms with Crippen LogP contribution in [-0.4, -0.2) is 47.2 Å². The van der Waals surface area contributed by atoms with E-state index in [0.717, 1.165) is 6.42 Å². The largest absolute Gasteiger partial charge is 0.353 e. The molecule has 1 amide bonds. The molecule has 0 saturated heterocycles. The average Bonchev–Trinajstić information content (AvgIpc) is 2.47. The molecule has 0 heterocycles. The van der Waals surface area contributed by atoms with Crippen LogP contribution in [0.25, 0.3) is 0 Å². The van der Waals surface area contributed by atoms with Crippen LogP contribution in [0.2, 0.25) is 0 Å². The lowest BCUT2D eigenvalue weighted by molar-refractivity contribution is -0.118. The number of likely N-dealkylation sites (N-methyl/N-ethyl adjacent to an activating group) is 1. The first-order valence-electron chi connectivity index (χ1n) is 7.34. The topological polar surface area (TPSA) is 49.4 Å². The Hall–Kier alpha value is -1.20. The maximum absolute atomic E-state index is 11.7. The van der Waals surface area contributed by atoms with Crippen molar-refractivity contribution in [1.82, 2.24) is 10.2 Å². The van der Waals surface area contributed by atoms with Gasteiger partial charge in [0.2, 0.25) is 5.91 Å². The number of nitrogens with one attached hydrogen (secondary N) is 1. The lowest BCUT2D eigenvalue weighted by atomic mass is 10.0. The Labute approximate surface area is 130 Å². The molecule has 1 aromatic carbocycles. The van der Waals surface area contributed by atoms with Crippen LogP contribution in [0.1, 0.15) is 31.0 Å². The minimum atomic E-state index is -1.06. The van der Waals surface area contributed by atoms with Crippen LogP contribution in [0.5, 0.6) is 0 Å². The van der Waals surface area contributed by atoms with Crippen LogP contribution in [0.3, 0.4) is 0 Å². The van der Waals surface area contributed by atoms with Gasteiger partial charge in [-0.05, 0) is 31.6 Å². The summed E-state index contributed by atoms with van der Waals surface area (Å²) in [5.74, 6) is 0.459. The van der Waals surface area contributed by atoms with Crippen molar-refractivity contribution in [3.05, 3.63) is 35.4 Å². The maximum Gasteiger partial charge on any atom is 0.232 e. The highest BCUT2D eigenvalue weighted by molar-refractivity contribution is 7.85. The minimum absolute atomic E-state index is 0.0887. The molecule has 118 valence electrons. The Morgan fingerprint density at radius 2 is 1.86 bits per heavy atom. The van der Waals surface area contributed by atoms with E-state index in [9.17, 15) is 9.00 Å². The summed E-state index contributed by atoms with van der Waals surface area (Å²) in [6.45, 7) is 4.48. The molecule has 0 saturated carbocycles. The SMILES string of the molecule is CCc1ccc(C(CNC(=O)CS(=O)CC)N(C)C)cc1. The molecule has 0 aliphatic carbocycles. The molecule has 0 aromatic heterocycles. The predicted molar refractivity (Wildman–Crippen MR) is 88.8 cm³/mol. The fourth-order valence-electron chi connectivity index (χ4n) is 2.08. The molecule has 0 spiro atoms. The van der Waals surface area contributed by atoms with Crippen molar-refractivity contribution < 1.29 is 9.00 Å². The van der Waals surface area contributed by atoms with Crippen LogP contribution in [0.15, 0.2) is 24.3 Å². The van der Waals surface area contributed by atoms with Gasteiger partial charge in [0.15, 0.2) is 0 Å². The van der Waals surface area contributed by atoms with Crippen molar-refractivity contribution in [2.75, 3.05) is 32.1 Å². The van der Waals surface area contributed by atoms with E-state index in [1.807, 2.05) is 21.0 Å². The van der Waals surface area contributed by atoms with Crippen LogP contribution in [-0.2, 0) is 22.0 Å². The quantitative estimate of drug-likeness (QED) is 0.795. The first-order valence-corrected chi connectivity index (χ1v) is 8.83. The highest BCUT2D eigenvalue weighted by atomic mass is 32.2. The van der Waals surface area contributed by atoms with Gasteiger partial charge in [0.25, 0.3) is 0 Å². The number of aryl methyl sites for hydroxylation is 1. The molecule has 0 bridgehead atoms. The number of carbonyl (C=O) groups is 1. The first-order chi connectivity index (χ1) is 9.97. The molecule has 5 heteroatoms. The van der Waals surface area contributed by atoms with Gasteiger partial charge >= 0.3 is 0 Å². The maximum atomic E-state index is 11.7. The Bertz CT molecular complexity index is 472. The molecular formula is C16H26N2O2S. The molecule has 21 heavy (non-hydrogen) atoms. The molecule has 2 atom stereocenters. The second-order valence-corrected chi connectivity index (χ2v) is 7.00. The van der Waals surface area contributed by atoms with Crippen molar-refractivity contribution in [1.29, 1.82) is 0 Å². The van der Waals surface area contributed by atoms with Gasteiger partial charge in [0.05, 0.1) is 6.04 Å². The number of nitrogens with zero attached hydrogens (tertiary/aromatic N) is 1. The van der Waals surface area contributed by atoms with E-state index in [1.165, 1.54) is 11.1 Å². The Balaban J connectivity index is 2.65. The average molecular weight is 310 g/mol. The van der Waals surface area contributed by atoms with E-state index in [0.29, 0.717) is 12.3 Å². The smallest absolute Gasteiger partial charge is 0.232 e. The van der Waals surface area contributed by atoms with Gasteiger partial charge in [-0.1, -0.05) is 38.1 Å². The van der Waals surface area contributed by atoms with E-state index in [-0.39, 0.29) is 17.7 Å². The summed E-state index contributed by atoms with van der Waals surface area (Å²) >= 11 is 0. The van der Waals surface area contributed by atoms with Gasteiger partial charge in [-0.2, -0.15) is 0 Å². The van der Waals surface area contributed by atoms with Gasteiger partial charge in [-0.25, -0.2) is 0 Å². The molecule has 1 aromatic rings. The van der Waals surface area contributed by atoms with E-state index in [1.54, 1.807) is 0 Å². The number of hydrogen-bond donors (Lipinski definition) is 1. The summed E-state index contributed by atoms with van der Waals surface area (Å²) in [4.78, 5) is 13.8. The summed E-state index contributed by atoms with van der Waals surface area (Å²) in [5.41, 5.74) is 2.48. The van der Waals surface area contributed by atoms with Gasteiger partial charge < -0.3 is 10.2 Å². The lowest BCUT2D eigenvalue weighted by Gasteiger charge is -2.25. The zero-order chi connectivity index (χ0) is 15.8. The second-order valence-electron chi connectivity index (χ2n) is 5.25. The van der Waals surface area contributed by atoms with Gasteiger partial charge in [-0.3, -0.25) is 9.00 Å². The third-order valence-electron chi connectivity index (χ3n) is 3.50. The number of hydrogen-bond acceptors (Lipinski definition) is 3. The zero-order valence-corrected chi connectivity index (χ0v) is 14.2. The van der Waals surface area contributed by atoms with Gasteiger partial charge in [-0.15, -0.1) is 0 Å². The Morgan fingerprint density at radius 1 is 1.24 bits per heavy atom. The van der Waals surface area contributed by atoms with Crippen molar-refractivity contribution in [2.45, 2.75) is 26.3 Å². The van der Waals surface area contributed by atoms with Crippen molar-refractivity contribution in [3.8, 4) is 0 Å². The molecule has 2 unspecified atom stereocenters. The second kappa shape index (κ2) is 8.95. The summed E-state index contributed by atoms with van der Waals surface area (Å²) in [5, 5.41) is 2.88. The molecule has 0 aliphatic heterocycles. The van der Waals surface area contributed by atoms with E-state index in [2.05, 4.69) is 41.4 Å². The van der Waals surface area contributed by atoms with Crippen LogP contribution < -0.4 is 5.32 Å². The monoisotopic (exact) mass is 310 g/mol. The number of carbonyl (C=O) groups excluding carboxylic acids is 1.